The van der Waals surface area contributed by atoms with Crippen molar-refractivity contribution in [1.29, 1.82) is 0 Å². The zero-order valence-corrected chi connectivity index (χ0v) is 8.87. The van der Waals surface area contributed by atoms with Crippen LogP contribution in [0.15, 0.2) is 0 Å². The molecule has 0 bridgehead atoms. The highest BCUT2D eigenvalue weighted by atomic mass is 16.5. The summed E-state index contributed by atoms with van der Waals surface area (Å²) < 4.78 is 10.4. The Bertz CT molecular complexity index is 131. The number of ether oxygens (including phenoxy) is 2. The molecule has 0 amide bonds. The second kappa shape index (κ2) is 7.17. The third-order valence-corrected chi connectivity index (χ3v) is 2.54. The summed E-state index contributed by atoms with van der Waals surface area (Å²) in [5, 5.41) is 12.4. The third kappa shape index (κ3) is 4.37. The van der Waals surface area contributed by atoms with Crippen molar-refractivity contribution in [3.05, 3.63) is 0 Å². The van der Waals surface area contributed by atoms with Crippen LogP contribution < -0.4 is 5.32 Å². The van der Waals surface area contributed by atoms with Gasteiger partial charge in [-0.1, -0.05) is 0 Å². The number of rotatable bonds is 6. The predicted molar refractivity (Wildman–Crippen MR) is 54.3 cm³/mol. The van der Waals surface area contributed by atoms with Crippen molar-refractivity contribution in [3.8, 4) is 0 Å². The van der Waals surface area contributed by atoms with Gasteiger partial charge in [-0.25, -0.2) is 0 Å². The minimum Gasteiger partial charge on any atom is -0.396 e. The smallest absolute Gasteiger partial charge is 0.0616 e. The highest BCUT2D eigenvalue weighted by molar-refractivity contribution is 4.76. The summed E-state index contributed by atoms with van der Waals surface area (Å²) in [5.41, 5.74) is 0. The predicted octanol–water partition coefficient (Wildman–Crippen LogP) is 0.152. The largest absolute Gasteiger partial charge is 0.396 e. The zero-order chi connectivity index (χ0) is 10.2. The molecule has 1 fully saturated rings. The van der Waals surface area contributed by atoms with E-state index >= 15 is 0 Å². The number of hydrogen-bond acceptors (Lipinski definition) is 4. The van der Waals surface area contributed by atoms with Crippen molar-refractivity contribution < 1.29 is 14.6 Å². The Hall–Kier alpha value is -0.160. The topological polar surface area (TPSA) is 50.7 Å². The van der Waals surface area contributed by atoms with Crippen molar-refractivity contribution in [2.75, 3.05) is 33.5 Å². The number of hydrogen-bond donors (Lipinski definition) is 2. The summed E-state index contributed by atoms with van der Waals surface area (Å²) in [7, 11) is 1.69. The molecular weight excluding hydrogens is 182 g/mol. The first-order chi connectivity index (χ1) is 6.86. The average molecular weight is 203 g/mol. The third-order valence-electron chi connectivity index (χ3n) is 2.54. The van der Waals surface area contributed by atoms with Gasteiger partial charge >= 0.3 is 0 Å². The molecule has 0 aromatic heterocycles. The maximum Gasteiger partial charge on any atom is 0.0616 e. The number of aliphatic hydroxyl groups excluding tert-OH is 1. The van der Waals surface area contributed by atoms with Gasteiger partial charge in [-0.2, -0.15) is 0 Å². The molecule has 4 nitrogen and oxygen atoms in total. The fourth-order valence-corrected chi connectivity index (χ4v) is 1.77. The quantitative estimate of drug-likeness (QED) is 0.645. The van der Waals surface area contributed by atoms with Crippen LogP contribution in [0.1, 0.15) is 19.3 Å². The van der Waals surface area contributed by atoms with Crippen LogP contribution >= 0.6 is 0 Å². The fraction of sp³-hybridized carbons (Fsp3) is 1.00. The first kappa shape index (κ1) is 11.9. The van der Waals surface area contributed by atoms with E-state index in [2.05, 4.69) is 5.32 Å². The highest BCUT2D eigenvalue weighted by Crippen LogP contribution is 2.08. The molecule has 0 radical (unpaired) electrons. The van der Waals surface area contributed by atoms with Gasteiger partial charge in [0.1, 0.15) is 0 Å². The van der Waals surface area contributed by atoms with Crippen LogP contribution in [0.25, 0.3) is 0 Å². The molecule has 0 aliphatic carbocycles. The van der Waals surface area contributed by atoms with Crippen molar-refractivity contribution >= 4 is 0 Å². The zero-order valence-electron chi connectivity index (χ0n) is 8.87. The summed E-state index contributed by atoms with van der Waals surface area (Å²) in [4.78, 5) is 0. The van der Waals surface area contributed by atoms with Gasteiger partial charge in [-0.3, -0.25) is 0 Å². The molecule has 2 N–H and O–H groups in total. The molecule has 1 aliphatic rings. The molecule has 14 heavy (non-hydrogen) atoms. The van der Waals surface area contributed by atoms with Crippen LogP contribution in [-0.4, -0.2) is 50.7 Å². The van der Waals surface area contributed by atoms with E-state index < -0.39 is 0 Å². The summed E-state index contributed by atoms with van der Waals surface area (Å²) in [6, 6.07) is 0.795. The first-order valence-corrected chi connectivity index (χ1v) is 5.30. The molecule has 4 heteroatoms. The van der Waals surface area contributed by atoms with E-state index in [1.165, 1.54) is 0 Å². The van der Waals surface area contributed by atoms with Crippen molar-refractivity contribution in [2.45, 2.75) is 31.3 Å². The van der Waals surface area contributed by atoms with Gasteiger partial charge in [0.15, 0.2) is 0 Å². The number of nitrogens with one attached hydrogen (secondary N) is 1. The Kier molecular flexibility index (Phi) is 6.10. The monoisotopic (exact) mass is 203 g/mol. The lowest BCUT2D eigenvalue weighted by Crippen LogP contribution is -2.44. The molecular formula is C10H21NO3. The Morgan fingerprint density at radius 3 is 2.79 bits per heavy atom. The molecule has 0 aromatic carbocycles. The minimum atomic E-state index is 0.213. The Morgan fingerprint density at radius 2 is 2.21 bits per heavy atom. The van der Waals surface area contributed by atoms with E-state index in [-0.39, 0.29) is 12.6 Å². The molecule has 1 unspecified atom stereocenters. The second-order valence-electron chi connectivity index (χ2n) is 3.72. The normalized spacial score (nSPS) is 21.0. The van der Waals surface area contributed by atoms with Gasteiger partial charge in [0.2, 0.25) is 0 Å². The van der Waals surface area contributed by atoms with Crippen LogP contribution in [0.2, 0.25) is 0 Å². The summed E-state index contributed by atoms with van der Waals surface area (Å²) >= 11 is 0. The number of aliphatic hydroxyl groups is 1. The van der Waals surface area contributed by atoms with E-state index in [0.29, 0.717) is 12.6 Å². The van der Waals surface area contributed by atoms with Gasteiger partial charge in [0.05, 0.1) is 6.61 Å². The van der Waals surface area contributed by atoms with Crippen LogP contribution in [0.3, 0.4) is 0 Å². The molecule has 1 atom stereocenters. The molecule has 0 saturated carbocycles. The van der Waals surface area contributed by atoms with Crippen LogP contribution in [0.4, 0.5) is 0 Å². The standard InChI is InChI=1S/C10H21NO3/c1-13-8-10(2-5-12)11-9-3-6-14-7-4-9/h9-12H,2-8H2,1H3. The van der Waals surface area contributed by atoms with Crippen LogP contribution in [-0.2, 0) is 9.47 Å². The van der Waals surface area contributed by atoms with Crippen molar-refractivity contribution in [1.82, 2.24) is 5.32 Å². The lowest BCUT2D eigenvalue weighted by Gasteiger charge is -2.28. The number of methoxy groups -OCH3 is 1. The SMILES string of the molecule is COCC(CCO)NC1CCOCC1. The molecule has 1 rings (SSSR count). The molecule has 84 valence electrons. The molecule has 0 aromatic rings. The lowest BCUT2D eigenvalue weighted by atomic mass is 10.1. The van der Waals surface area contributed by atoms with Crippen LogP contribution in [0.5, 0.6) is 0 Å². The Labute approximate surface area is 85.6 Å². The van der Waals surface area contributed by atoms with Crippen LogP contribution in [0, 0.1) is 0 Å². The average Bonchev–Trinajstić information content (AvgIpc) is 2.20. The Balaban J connectivity index is 2.21. The molecule has 1 aliphatic heterocycles. The summed E-state index contributed by atoms with van der Waals surface area (Å²) in [5.74, 6) is 0. The van der Waals surface area contributed by atoms with E-state index in [1.54, 1.807) is 7.11 Å². The maximum atomic E-state index is 8.87. The fourth-order valence-electron chi connectivity index (χ4n) is 1.77. The molecule has 1 saturated heterocycles. The summed E-state index contributed by atoms with van der Waals surface area (Å²) in [6.45, 7) is 2.56. The maximum absolute atomic E-state index is 8.87. The Morgan fingerprint density at radius 1 is 1.50 bits per heavy atom. The molecule has 1 heterocycles. The van der Waals surface area contributed by atoms with Crippen molar-refractivity contribution in [3.63, 3.8) is 0 Å². The second-order valence-corrected chi connectivity index (χ2v) is 3.72. The van der Waals surface area contributed by atoms with E-state index in [0.717, 1.165) is 32.5 Å². The van der Waals surface area contributed by atoms with Gasteiger partial charge < -0.3 is 19.9 Å². The van der Waals surface area contributed by atoms with Crippen molar-refractivity contribution in [2.24, 2.45) is 0 Å². The molecule has 0 spiro atoms. The van der Waals surface area contributed by atoms with Gasteiger partial charge in [-0.15, -0.1) is 0 Å². The van der Waals surface area contributed by atoms with Gasteiger partial charge in [0, 0.05) is 39.0 Å². The summed E-state index contributed by atoms with van der Waals surface area (Å²) in [6.07, 6.45) is 2.88. The van der Waals surface area contributed by atoms with E-state index in [9.17, 15) is 0 Å². The van der Waals surface area contributed by atoms with Gasteiger partial charge in [0.25, 0.3) is 0 Å². The van der Waals surface area contributed by atoms with Gasteiger partial charge in [-0.05, 0) is 19.3 Å². The highest BCUT2D eigenvalue weighted by Gasteiger charge is 2.17. The minimum absolute atomic E-state index is 0.213. The van der Waals surface area contributed by atoms with E-state index in [1.807, 2.05) is 0 Å². The first-order valence-electron chi connectivity index (χ1n) is 5.30. The van der Waals surface area contributed by atoms with E-state index in [4.69, 9.17) is 14.6 Å². The lowest BCUT2D eigenvalue weighted by molar-refractivity contribution is 0.0661.